The van der Waals surface area contributed by atoms with Gasteiger partial charge in [-0.05, 0) is 18.5 Å². The van der Waals surface area contributed by atoms with Crippen LogP contribution in [0.2, 0.25) is 0 Å². The maximum absolute atomic E-state index is 10.9. The van der Waals surface area contributed by atoms with E-state index in [1.54, 1.807) is 0 Å². The molecule has 0 N–H and O–H groups in total. The summed E-state index contributed by atoms with van der Waals surface area (Å²) in [6.45, 7) is 4.81. The van der Waals surface area contributed by atoms with Crippen molar-refractivity contribution in [2.45, 2.75) is 19.8 Å². The molecule has 0 aromatic carbocycles. The number of ether oxygens (including phenoxy) is 2. The van der Waals surface area contributed by atoms with Crippen molar-refractivity contribution in [2.24, 2.45) is 0 Å². The van der Waals surface area contributed by atoms with Gasteiger partial charge in [0.1, 0.15) is 13.2 Å². The molecule has 0 aromatic heterocycles. The lowest BCUT2D eigenvalue weighted by Gasteiger charge is -2.05. The van der Waals surface area contributed by atoms with Gasteiger partial charge in [0.15, 0.2) is 0 Å². The number of rotatable bonds is 7. The Bertz CT molecular complexity index is 298. The number of carbonyl (C=O) groups excluding carboxylic acids is 3. The molecule has 16 heavy (non-hydrogen) atoms. The highest BCUT2D eigenvalue weighted by Crippen LogP contribution is 1.97. The molecule has 5 nitrogen and oxygen atoms in total. The molecular formula is C10H13ClO5. The molecule has 0 atom stereocenters. The maximum Gasteiger partial charge on any atom is 0.333 e. The first-order chi connectivity index (χ1) is 7.43. The van der Waals surface area contributed by atoms with E-state index in [0.29, 0.717) is 0 Å². The number of hydrogen-bond acceptors (Lipinski definition) is 5. The van der Waals surface area contributed by atoms with E-state index in [4.69, 9.17) is 11.6 Å². The molecule has 0 aliphatic carbocycles. The first-order valence-corrected chi connectivity index (χ1v) is 4.98. The van der Waals surface area contributed by atoms with E-state index >= 15 is 0 Å². The molecule has 0 saturated heterocycles. The first-order valence-electron chi connectivity index (χ1n) is 4.60. The lowest BCUT2D eigenvalue weighted by atomic mass is 10.3. The summed E-state index contributed by atoms with van der Waals surface area (Å²) in [5, 5.41) is -0.592. The van der Waals surface area contributed by atoms with Crippen molar-refractivity contribution in [2.75, 3.05) is 13.2 Å². The molecule has 0 saturated carbocycles. The molecule has 0 heterocycles. The van der Waals surface area contributed by atoms with E-state index < -0.39 is 17.2 Å². The Balaban J connectivity index is 3.52. The van der Waals surface area contributed by atoms with Gasteiger partial charge in [-0.2, -0.15) is 0 Å². The second-order valence-electron chi connectivity index (χ2n) is 2.99. The average Bonchev–Trinajstić information content (AvgIpc) is 2.20. The molecule has 0 radical (unpaired) electrons. The minimum Gasteiger partial charge on any atom is -0.462 e. The van der Waals surface area contributed by atoms with Crippen LogP contribution < -0.4 is 0 Å². The van der Waals surface area contributed by atoms with Crippen LogP contribution in [0.25, 0.3) is 0 Å². The molecule has 0 spiro atoms. The van der Waals surface area contributed by atoms with Crippen LogP contribution in [0, 0.1) is 0 Å². The molecule has 90 valence electrons. The third-order valence-corrected chi connectivity index (χ3v) is 1.64. The summed E-state index contributed by atoms with van der Waals surface area (Å²) in [4.78, 5) is 32.1. The molecule has 6 heteroatoms. The highest BCUT2D eigenvalue weighted by atomic mass is 35.5. The van der Waals surface area contributed by atoms with Gasteiger partial charge in [0.05, 0.1) is 6.42 Å². The third-order valence-electron chi connectivity index (χ3n) is 1.45. The number of hydrogen-bond donors (Lipinski definition) is 0. The predicted octanol–water partition coefficient (Wildman–Crippen LogP) is 1.19. The zero-order valence-corrected chi connectivity index (χ0v) is 9.71. The van der Waals surface area contributed by atoms with Crippen LogP contribution in [-0.4, -0.2) is 30.4 Å². The van der Waals surface area contributed by atoms with Gasteiger partial charge in [-0.1, -0.05) is 6.58 Å². The lowest BCUT2D eigenvalue weighted by Crippen LogP contribution is -2.14. The monoisotopic (exact) mass is 248 g/mol. The smallest absolute Gasteiger partial charge is 0.333 e. The molecule has 0 fully saturated rings. The summed E-state index contributed by atoms with van der Waals surface area (Å²) in [6, 6.07) is 0. The summed E-state index contributed by atoms with van der Waals surface area (Å²) >= 11 is 5.03. The minimum atomic E-state index is -0.592. The average molecular weight is 249 g/mol. The van der Waals surface area contributed by atoms with Crippen LogP contribution in [0.1, 0.15) is 19.8 Å². The van der Waals surface area contributed by atoms with Gasteiger partial charge in [0.2, 0.25) is 5.24 Å². The van der Waals surface area contributed by atoms with Crippen molar-refractivity contribution in [3.8, 4) is 0 Å². The molecule has 0 rings (SSSR count). The van der Waals surface area contributed by atoms with Crippen molar-refractivity contribution >= 4 is 28.8 Å². The van der Waals surface area contributed by atoms with E-state index in [1.165, 1.54) is 6.92 Å². The fraction of sp³-hybridized carbons (Fsp3) is 0.500. The topological polar surface area (TPSA) is 69.7 Å². The molecule has 0 bridgehead atoms. The van der Waals surface area contributed by atoms with Gasteiger partial charge in [-0.25, -0.2) is 4.79 Å². The summed E-state index contributed by atoms with van der Waals surface area (Å²) < 4.78 is 9.34. The quantitative estimate of drug-likeness (QED) is 0.293. The normalized spacial score (nSPS) is 9.38. The van der Waals surface area contributed by atoms with Crippen molar-refractivity contribution in [3.63, 3.8) is 0 Å². The van der Waals surface area contributed by atoms with Gasteiger partial charge >= 0.3 is 11.9 Å². The standard InChI is InChI=1S/C10H13ClO5/c1-7(2)10(14)16-6-5-15-9(13)4-3-8(11)12/h1,3-6H2,2H3. The summed E-state index contributed by atoms with van der Waals surface area (Å²) in [5.41, 5.74) is 0.277. The van der Waals surface area contributed by atoms with Crippen LogP contribution >= 0.6 is 11.6 Å². The van der Waals surface area contributed by atoms with Crippen molar-refractivity contribution in [3.05, 3.63) is 12.2 Å². The highest BCUT2D eigenvalue weighted by molar-refractivity contribution is 6.63. The van der Waals surface area contributed by atoms with Crippen LogP contribution in [0.5, 0.6) is 0 Å². The first kappa shape index (κ1) is 14.6. The zero-order chi connectivity index (χ0) is 12.6. The van der Waals surface area contributed by atoms with Gasteiger partial charge < -0.3 is 9.47 Å². The molecule has 0 amide bonds. The van der Waals surface area contributed by atoms with E-state index in [9.17, 15) is 14.4 Å². The van der Waals surface area contributed by atoms with Gasteiger partial charge in [-0.15, -0.1) is 0 Å². The second-order valence-corrected chi connectivity index (χ2v) is 3.41. The van der Waals surface area contributed by atoms with E-state index in [0.717, 1.165) is 0 Å². The fourth-order valence-corrected chi connectivity index (χ4v) is 0.780. The Labute approximate surface area is 98.3 Å². The lowest BCUT2D eigenvalue weighted by molar-refractivity contribution is -0.150. The Morgan fingerprint density at radius 1 is 1.12 bits per heavy atom. The van der Waals surface area contributed by atoms with Crippen LogP contribution in [0.4, 0.5) is 0 Å². The van der Waals surface area contributed by atoms with E-state index in [1.807, 2.05) is 0 Å². The fourth-order valence-electron chi connectivity index (χ4n) is 0.686. The Morgan fingerprint density at radius 3 is 2.19 bits per heavy atom. The van der Waals surface area contributed by atoms with Gasteiger partial charge in [-0.3, -0.25) is 9.59 Å². The van der Waals surface area contributed by atoms with Crippen molar-refractivity contribution < 1.29 is 23.9 Å². The van der Waals surface area contributed by atoms with Crippen LogP contribution in [0.3, 0.4) is 0 Å². The van der Waals surface area contributed by atoms with E-state index in [2.05, 4.69) is 16.1 Å². The van der Waals surface area contributed by atoms with Crippen molar-refractivity contribution in [1.29, 1.82) is 0 Å². The maximum atomic E-state index is 10.9. The van der Waals surface area contributed by atoms with Crippen LogP contribution in [0.15, 0.2) is 12.2 Å². The summed E-state index contributed by atoms with van der Waals surface area (Å²) in [6.07, 6.45) is -0.136. The Morgan fingerprint density at radius 2 is 1.69 bits per heavy atom. The van der Waals surface area contributed by atoms with Crippen LogP contribution in [-0.2, 0) is 23.9 Å². The Hall–Kier alpha value is -1.36. The van der Waals surface area contributed by atoms with Crippen molar-refractivity contribution in [1.82, 2.24) is 0 Å². The zero-order valence-electron chi connectivity index (χ0n) is 8.95. The molecule has 0 aliphatic rings. The predicted molar refractivity (Wildman–Crippen MR) is 56.8 cm³/mol. The summed E-state index contributed by atoms with van der Waals surface area (Å²) in [5.74, 6) is -1.09. The number of esters is 2. The number of halogens is 1. The number of carbonyl (C=O) groups is 3. The van der Waals surface area contributed by atoms with Gasteiger partial charge in [0.25, 0.3) is 0 Å². The largest absolute Gasteiger partial charge is 0.462 e. The van der Waals surface area contributed by atoms with Gasteiger partial charge in [0, 0.05) is 12.0 Å². The Kier molecular flexibility index (Phi) is 7.20. The molecule has 0 aromatic rings. The van der Waals surface area contributed by atoms with E-state index in [-0.39, 0.29) is 31.6 Å². The third kappa shape index (κ3) is 7.99. The minimum absolute atomic E-state index is 0.0355. The SMILES string of the molecule is C=C(C)C(=O)OCCOC(=O)CCC(=O)Cl. The molecule has 0 unspecified atom stereocenters. The molecule has 0 aliphatic heterocycles. The summed E-state index contributed by atoms with van der Waals surface area (Å²) in [7, 11) is 0. The highest BCUT2D eigenvalue weighted by Gasteiger charge is 2.07. The molecular weight excluding hydrogens is 236 g/mol. The second kappa shape index (κ2) is 7.87.